The van der Waals surface area contributed by atoms with Gasteiger partial charge in [0.15, 0.2) is 5.82 Å². The molecular formula is C16H24N6O2S. The Bertz CT molecular complexity index is 696. The van der Waals surface area contributed by atoms with Crippen molar-refractivity contribution < 1.29 is 9.15 Å². The van der Waals surface area contributed by atoms with Gasteiger partial charge in [-0.1, -0.05) is 6.42 Å². The molecule has 4 rings (SSSR count). The molecular weight excluding hydrogens is 340 g/mol. The van der Waals surface area contributed by atoms with E-state index in [0.717, 1.165) is 43.4 Å². The molecule has 0 saturated carbocycles. The highest BCUT2D eigenvalue weighted by Crippen LogP contribution is 2.34. The van der Waals surface area contributed by atoms with Gasteiger partial charge in [-0.3, -0.25) is 4.90 Å². The van der Waals surface area contributed by atoms with E-state index in [2.05, 4.69) is 24.5 Å². The van der Waals surface area contributed by atoms with Crippen LogP contribution >= 0.6 is 11.5 Å². The van der Waals surface area contributed by atoms with Crippen LogP contribution in [0, 0.1) is 0 Å². The Morgan fingerprint density at radius 3 is 2.80 bits per heavy atom. The fourth-order valence-corrected chi connectivity index (χ4v) is 4.01. The summed E-state index contributed by atoms with van der Waals surface area (Å²) in [6.45, 7) is 2.49. The third-order valence-corrected chi connectivity index (χ3v) is 5.67. The van der Waals surface area contributed by atoms with Gasteiger partial charge in [0.2, 0.25) is 16.9 Å². The van der Waals surface area contributed by atoms with Gasteiger partial charge in [0.25, 0.3) is 0 Å². The molecule has 8 nitrogen and oxygen atoms in total. The van der Waals surface area contributed by atoms with Crippen molar-refractivity contribution in [3.8, 4) is 0 Å². The Morgan fingerprint density at radius 2 is 2.04 bits per heavy atom. The lowest BCUT2D eigenvalue weighted by molar-refractivity contribution is 0.0790. The fourth-order valence-electron chi connectivity index (χ4n) is 3.42. The average molecular weight is 364 g/mol. The van der Waals surface area contributed by atoms with E-state index in [1.54, 1.807) is 0 Å². The van der Waals surface area contributed by atoms with Crippen LogP contribution in [0.25, 0.3) is 0 Å². The predicted molar refractivity (Wildman–Crippen MR) is 93.5 cm³/mol. The molecule has 2 aliphatic rings. The quantitative estimate of drug-likeness (QED) is 0.801. The van der Waals surface area contributed by atoms with E-state index in [4.69, 9.17) is 9.15 Å². The summed E-state index contributed by atoms with van der Waals surface area (Å²) < 4.78 is 16.1. The van der Waals surface area contributed by atoms with Crippen molar-refractivity contribution in [2.75, 3.05) is 32.1 Å². The summed E-state index contributed by atoms with van der Waals surface area (Å²) in [5.74, 6) is 2.19. The predicted octanol–water partition coefficient (Wildman–Crippen LogP) is 2.57. The first-order chi connectivity index (χ1) is 12.2. The SMILES string of the molecule is CN(C)c1nc(CN2CCCC[C@H]2c2nnc([C@H]3CCCO3)o2)ns1. The highest BCUT2D eigenvalue weighted by atomic mass is 32.1. The zero-order chi connectivity index (χ0) is 17.2. The molecule has 136 valence electrons. The number of hydrogen-bond donors (Lipinski definition) is 0. The number of rotatable bonds is 5. The van der Waals surface area contributed by atoms with Crippen molar-refractivity contribution in [3.05, 3.63) is 17.6 Å². The lowest BCUT2D eigenvalue weighted by Gasteiger charge is -2.32. The minimum atomic E-state index is -0.0267. The van der Waals surface area contributed by atoms with Crippen molar-refractivity contribution in [1.82, 2.24) is 24.5 Å². The van der Waals surface area contributed by atoms with Gasteiger partial charge < -0.3 is 14.1 Å². The van der Waals surface area contributed by atoms with Gasteiger partial charge in [-0.05, 0) is 32.2 Å². The van der Waals surface area contributed by atoms with Crippen molar-refractivity contribution in [2.45, 2.75) is 50.8 Å². The lowest BCUT2D eigenvalue weighted by atomic mass is 10.0. The summed E-state index contributed by atoms with van der Waals surface area (Å²) in [6, 6.07) is 0.141. The molecule has 2 saturated heterocycles. The number of hydrogen-bond acceptors (Lipinski definition) is 9. The molecule has 0 aromatic carbocycles. The summed E-state index contributed by atoms with van der Waals surface area (Å²) in [5, 5.41) is 9.50. The van der Waals surface area contributed by atoms with E-state index in [1.165, 1.54) is 24.4 Å². The maximum absolute atomic E-state index is 5.98. The molecule has 4 heterocycles. The second-order valence-corrected chi connectivity index (χ2v) is 7.58. The van der Waals surface area contributed by atoms with Gasteiger partial charge in [0.1, 0.15) is 6.10 Å². The van der Waals surface area contributed by atoms with Gasteiger partial charge in [-0.15, -0.1) is 10.2 Å². The van der Waals surface area contributed by atoms with Gasteiger partial charge >= 0.3 is 0 Å². The third-order valence-electron chi connectivity index (χ3n) is 4.74. The second-order valence-electron chi connectivity index (χ2n) is 6.85. The largest absolute Gasteiger partial charge is 0.421 e. The Balaban J connectivity index is 1.48. The number of aromatic nitrogens is 4. The van der Waals surface area contributed by atoms with Gasteiger partial charge in [-0.25, -0.2) is 4.98 Å². The monoisotopic (exact) mass is 364 g/mol. The smallest absolute Gasteiger partial charge is 0.245 e. The van der Waals surface area contributed by atoms with Crippen LogP contribution in [-0.4, -0.2) is 51.7 Å². The summed E-state index contributed by atoms with van der Waals surface area (Å²) in [4.78, 5) is 8.95. The number of likely N-dealkylation sites (tertiary alicyclic amines) is 1. The van der Waals surface area contributed by atoms with Crippen molar-refractivity contribution >= 4 is 16.7 Å². The third kappa shape index (κ3) is 3.68. The molecule has 2 aromatic rings. The summed E-state index contributed by atoms with van der Waals surface area (Å²) in [5.41, 5.74) is 0. The molecule has 0 unspecified atom stereocenters. The highest BCUT2D eigenvalue weighted by Gasteiger charge is 2.31. The van der Waals surface area contributed by atoms with Crippen LogP contribution < -0.4 is 4.90 Å². The summed E-state index contributed by atoms with van der Waals surface area (Å²) in [7, 11) is 3.97. The molecule has 2 atom stereocenters. The average Bonchev–Trinajstić information content (AvgIpc) is 3.36. The van der Waals surface area contributed by atoms with Crippen molar-refractivity contribution in [3.63, 3.8) is 0 Å². The molecule has 2 aromatic heterocycles. The van der Waals surface area contributed by atoms with Crippen LogP contribution in [0.5, 0.6) is 0 Å². The van der Waals surface area contributed by atoms with Crippen LogP contribution in [0.15, 0.2) is 4.42 Å². The van der Waals surface area contributed by atoms with E-state index in [0.29, 0.717) is 18.3 Å². The molecule has 2 fully saturated rings. The number of anilines is 1. The molecule has 9 heteroatoms. The first kappa shape index (κ1) is 16.9. The fraction of sp³-hybridized carbons (Fsp3) is 0.750. The molecule has 0 amide bonds. The van der Waals surface area contributed by atoms with Gasteiger partial charge in [0, 0.05) is 32.2 Å². The summed E-state index contributed by atoms with van der Waals surface area (Å²) in [6.07, 6.45) is 5.37. The maximum Gasteiger partial charge on any atom is 0.245 e. The van der Waals surface area contributed by atoms with E-state index in [1.807, 2.05) is 19.0 Å². The van der Waals surface area contributed by atoms with Gasteiger partial charge in [-0.2, -0.15) is 4.37 Å². The molecule has 0 bridgehead atoms. The molecule has 25 heavy (non-hydrogen) atoms. The number of ether oxygens (including phenoxy) is 1. The van der Waals surface area contributed by atoms with Crippen LogP contribution in [-0.2, 0) is 11.3 Å². The molecule has 0 radical (unpaired) electrons. The van der Waals surface area contributed by atoms with Crippen molar-refractivity contribution in [1.29, 1.82) is 0 Å². The Labute approximate surface area is 151 Å². The lowest BCUT2D eigenvalue weighted by Crippen LogP contribution is -2.33. The standard InChI is InChI=1S/C16H24N6O2S/c1-21(2)16-17-13(20-25-16)10-22-8-4-3-6-11(22)14-18-19-15(24-14)12-7-5-9-23-12/h11-12H,3-10H2,1-2H3/t11-,12+/m0/s1. The molecule has 0 aliphatic carbocycles. The van der Waals surface area contributed by atoms with Crippen LogP contribution in [0.2, 0.25) is 0 Å². The van der Waals surface area contributed by atoms with Crippen molar-refractivity contribution in [2.24, 2.45) is 0 Å². The highest BCUT2D eigenvalue weighted by molar-refractivity contribution is 7.09. The zero-order valence-electron chi connectivity index (χ0n) is 14.7. The van der Waals surface area contributed by atoms with Crippen LogP contribution in [0.3, 0.4) is 0 Å². The summed E-state index contributed by atoms with van der Waals surface area (Å²) >= 11 is 1.43. The Morgan fingerprint density at radius 1 is 1.16 bits per heavy atom. The molecule has 0 N–H and O–H groups in total. The maximum atomic E-state index is 5.98. The van der Waals surface area contributed by atoms with E-state index in [9.17, 15) is 0 Å². The van der Waals surface area contributed by atoms with E-state index < -0.39 is 0 Å². The minimum absolute atomic E-state index is 0.0267. The van der Waals surface area contributed by atoms with E-state index in [-0.39, 0.29) is 12.1 Å². The first-order valence-corrected chi connectivity index (χ1v) is 9.67. The molecule has 2 aliphatic heterocycles. The number of nitrogens with zero attached hydrogens (tertiary/aromatic N) is 6. The molecule has 0 spiro atoms. The number of piperidine rings is 1. The van der Waals surface area contributed by atoms with Crippen LogP contribution in [0.1, 0.15) is 61.9 Å². The van der Waals surface area contributed by atoms with Crippen LogP contribution in [0.4, 0.5) is 5.13 Å². The normalized spacial score (nSPS) is 24.7. The topological polar surface area (TPSA) is 80.4 Å². The first-order valence-electron chi connectivity index (χ1n) is 8.89. The second kappa shape index (κ2) is 7.35. The van der Waals surface area contributed by atoms with Gasteiger partial charge in [0.05, 0.1) is 12.6 Å². The van der Waals surface area contributed by atoms with E-state index >= 15 is 0 Å². The Kier molecular flexibility index (Phi) is 4.96. The minimum Gasteiger partial charge on any atom is -0.421 e. The zero-order valence-corrected chi connectivity index (χ0v) is 15.5. The Hall–Kier alpha value is -1.58.